The van der Waals surface area contributed by atoms with Crippen molar-refractivity contribution in [2.45, 2.75) is 38.1 Å². The summed E-state index contributed by atoms with van der Waals surface area (Å²) in [7, 11) is 1.52. The van der Waals surface area contributed by atoms with Gasteiger partial charge in [-0.25, -0.2) is 9.97 Å². The molecule has 9 nitrogen and oxygen atoms in total. The molecule has 0 N–H and O–H groups in total. The van der Waals surface area contributed by atoms with Gasteiger partial charge in [-0.1, -0.05) is 0 Å². The number of hydrogen-bond acceptors (Lipinski definition) is 7. The fourth-order valence-electron chi connectivity index (χ4n) is 3.71. The van der Waals surface area contributed by atoms with Gasteiger partial charge in [0, 0.05) is 12.6 Å². The molecule has 33 heavy (non-hydrogen) atoms. The van der Waals surface area contributed by atoms with Crippen molar-refractivity contribution in [3.63, 3.8) is 0 Å². The maximum absolute atomic E-state index is 13.5. The van der Waals surface area contributed by atoms with Crippen LogP contribution in [0.3, 0.4) is 0 Å². The second-order valence-corrected chi connectivity index (χ2v) is 7.48. The number of nitrogens with zero attached hydrogens (tertiary/aromatic N) is 6. The van der Waals surface area contributed by atoms with Gasteiger partial charge in [0.1, 0.15) is 17.5 Å². The largest absolute Gasteiger partial charge is 0.497 e. The highest BCUT2D eigenvalue weighted by atomic mass is 19.4. The van der Waals surface area contributed by atoms with E-state index in [1.54, 1.807) is 23.1 Å². The van der Waals surface area contributed by atoms with Gasteiger partial charge in [0.15, 0.2) is 5.69 Å². The highest BCUT2D eigenvalue weighted by Gasteiger charge is 2.35. The van der Waals surface area contributed by atoms with Crippen LogP contribution in [0.2, 0.25) is 0 Å². The topological polar surface area (TPSA) is 95.3 Å². The minimum Gasteiger partial charge on any atom is -0.497 e. The van der Waals surface area contributed by atoms with Crippen LogP contribution < -0.4 is 9.47 Å². The van der Waals surface area contributed by atoms with E-state index in [4.69, 9.17) is 9.47 Å². The van der Waals surface area contributed by atoms with Crippen LogP contribution in [-0.2, 0) is 6.18 Å². The van der Waals surface area contributed by atoms with E-state index in [9.17, 15) is 18.0 Å². The van der Waals surface area contributed by atoms with E-state index in [-0.39, 0.29) is 17.8 Å². The average molecular weight is 462 g/mol. The summed E-state index contributed by atoms with van der Waals surface area (Å²) in [6, 6.07) is 4.64. The van der Waals surface area contributed by atoms with Crippen LogP contribution in [-0.4, -0.2) is 61.6 Å². The molecule has 1 fully saturated rings. The molecule has 2 aromatic heterocycles. The average Bonchev–Trinajstić information content (AvgIpc) is 3.34. The first-order valence-corrected chi connectivity index (χ1v) is 10.2. The minimum absolute atomic E-state index is 0.0278. The number of piperidine rings is 1. The molecule has 3 aromatic rings. The number of carbonyl (C=O) groups is 1. The number of ether oxygens (including phenoxy) is 2. The number of amides is 1. The van der Waals surface area contributed by atoms with Gasteiger partial charge in [0.25, 0.3) is 5.91 Å². The van der Waals surface area contributed by atoms with Crippen molar-refractivity contribution in [1.82, 2.24) is 29.9 Å². The van der Waals surface area contributed by atoms with Gasteiger partial charge in [-0.2, -0.15) is 28.2 Å². The van der Waals surface area contributed by atoms with Crippen LogP contribution in [0.4, 0.5) is 13.2 Å². The minimum atomic E-state index is -4.58. The van der Waals surface area contributed by atoms with Crippen molar-refractivity contribution in [2.24, 2.45) is 0 Å². The second-order valence-electron chi connectivity index (χ2n) is 7.48. The second kappa shape index (κ2) is 9.04. The predicted octanol–water partition coefficient (Wildman–Crippen LogP) is 3.16. The lowest BCUT2D eigenvalue weighted by Crippen LogP contribution is -2.51. The Morgan fingerprint density at radius 2 is 1.91 bits per heavy atom. The summed E-state index contributed by atoms with van der Waals surface area (Å²) in [5, 5.41) is 8.25. The lowest BCUT2D eigenvalue weighted by Gasteiger charge is -2.39. The van der Waals surface area contributed by atoms with E-state index < -0.39 is 18.0 Å². The zero-order valence-corrected chi connectivity index (χ0v) is 17.9. The normalized spacial score (nSPS) is 18.8. The maximum Gasteiger partial charge on any atom is 0.434 e. The highest BCUT2D eigenvalue weighted by molar-refractivity contribution is 5.98. The third-order valence-electron chi connectivity index (χ3n) is 5.44. The number of aromatic nitrogens is 5. The van der Waals surface area contributed by atoms with E-state index in [2.05, 4.69) is 20.2 Å². The predicted molar refractivity (Wildman–Crippen MR) is 109 cm³/mol. The summed E-state index contributed by atoms with van der Waals surface area (Å²) in [5.74, 6) is 0.275. The fourth-order valence-corrected chi connectivity index (χ4v) is 3.71. The number of carbonyl (C=O) groups excluding carboxylic acids is 1. The third-order valence-corrected chi connectivity index (χ3v) is 5.44. The Morgan fingerprint density at radius 1 is 1.15 bits per heavy atom. The highest BCUT2D eigenvalue weighted by Crippen LogP contribution is 2.29. The molecule has 12 heteroatoms. The number of hydrogen-bond donors (Lipinski definition) is 0. The molecule has 0 unspecified atom stereocenters. The summed E-state index contributed by atoms with van der Waals surface area (Å²) in [5.41, 5.74) is -0.246. The Labute approximate surface area is 187 Å². The van der Waals surface area contributed by atoms with Crippen molar-refractivity contribution in [2.75, 3.05) is 13.7 Å². The Hall–Kier alpha value is -3.70. The summed E-state index contributed by atoms with van der Waals surface area (Å²) >= 11 is 0. The number of alkyl halides is 3. The lowest BCUT2D eigenvalue weighted by atomic mass is 9.98. The van der Waals surface area contributed by atoms with Gasteiger partial charge in [0.05, 0.1) is 43.5 Å². The zero-order valence-electron chi connectivity index (χ0n) is 17.9. The molecule has 0 bridgehead atoms. The molecular formula is C21H21F3N6O3. The Balaban J connectivity index is 1.55. The van der Waals surface area contributed by atoms with Crippen LogP contribution in [0.25, 0.3) is 5.69 Å². The van der Waals surface area contributed by atoms with Gasteiger partial charge in [-0.05, 0) is 31.9 Å². The fraction of sp³-hybridized carbons (Fsp3) is 0.381. The van der Waals surface area contributed by atoms with E-state index in [0.717, 1.165) is 6.20 Å². The number of likely N-dealkylation sites (tertiary alicyclic amines) is 1. The molecule has 174 valence electrons. The molecule has 3 heterocycles. The van der Waals surface area contributed by atoms with Crippen molar-refractivity contribution < 1.29 is 27.4 Å². The SMILES string of the molecule is COc1ccc(C(=O)N2CCC[C@@H](Oc3cnc(C(F)(F)F)cn3)[C@@H]2C)c(-n2nccn2)c1. The Kier molecular flexibility index (Phi) is 6.16. The van der Waals surface area contributed by atoms with Crippen molar-refractivity contribution >= 4 is 5.91 Å². The summed E-state index contributed by atoms with van der Waals surface area (Å²) in [6.07, 6.45) is 0.821. The van der Waals surface area contributed by atoms with E-state index >= 15 is 0 Å². The number of benzene rings is 1. The van der Waals surface area contributed by atoms with Gasteiger partial charge in [0.2, 0.25) is 5.88 Å². The molecule has 1 saturated heterocycles. The molecule has 0 radical (unpaired) electrons. The summed E-state index contributed by atoms with van der Waals surface area (Å²) in [6.45, 7) is 2.32. The van der Waals surface area contributed by atoms with E-state index in [1.165, 1.54) is 24.3 Å². The van der Waals surface area contributed by atoms with E-state index in [1.807, 2.05) is 6.92 Å². The number of methoxy groups -OCH3 is 1. The molecule has 1 aromatic carbocycles. The van der Waals surface area contributed by atoms with Crippen LogP contribution >= 0.6 is 0 Å². The van der Waals surface area contributed by atoms with Gasteiger partial charge in [-0.15, -0.1) is 0 Å². The van der Waals surface area contributed by atoms with E-state index in [0.29, 0.717) is 42.6 Å². The lowest BCUT2D eigenvalue weighted by molar-refractivity contribution is -0.141. The van der Waals surface area contributed by atoms with Gasteiger partial charge < -0.3 is 14.4 Å². The molecule has 1 amide bonds. The summed E-state index contributed by atoms with van der Waals surface area (Å²) < 4.78 is 49.2. The molecule has 2 atom stereocenters. The monoisotopic (exact) mass is 462 g/mol. The van der Waals surface area contributed by atoms with Gasteiger partial charge >= 0.3 is 6.18 Å². The Morgan fingerprint density at radius 3 is 2.55 bits per heavy atom. The van der Waals surface area contributed by atoms with Crippen molar-refractivity contribution in [3.8, 4) is 17.3 Å². The molecule has 1 aliphatic rings. The van der Waals surface area contributed by atoms with Crippen LogP contribution in [0.5, 0.6) is 11.6 Å². The maximum atomic E-state index is 13.5. The molecule has 0 saturated carbocycles. The standard InChI is InChI=1S/C21H21F3N6O3/c1-13-17(33-19-12-25-18(11-26-19)21(22,23)24)4-3-9-29(13)20(31)15-6-5-14(32-2)10-16(15)30-27-7-8-28-30/h5-8,10-13,17H,3-4,9H2,1-2H3/t13-,17+/m0/s1. The smallest absolute Gasteiger partial charge is 0.434 e. The molecular weight excluding hydrogens is 441 g/mol. The molecule has 1 aliphatic heterocycles. The molecule has 0 spiro atoms. The first-order valence-electron chi connectivity index (χ1n) is 10.2. The first kappa shape index (κ1) is 22.5. The number of rotatable bonds is 5. The Bertz CT molecular complexity index is 1110. The summed E-state index contributed by atoms with van der Waals surface area (Å²) in [4.78, 5) is 23.6. The molecule has 0 aliphatic carbocycles. The molecule has 4 rings (SSSR count). The quantitative estimate of drug-likeness (QED) is 0.575. The first-order chi connectivity index (χ1) is 15.8. The van der Waals surface area contributed by atoms with Crippen molar-refractivity contribution in [1.29, 1.82) is 0 Å². The zero-order chi connectivity index (χ0) is 23.6. The van der Waals surface area contributed by atoms with Crippen LogP contribution in [0.1, 0.15) is 35.8 Å². The van der Waals surface area contributed by atoms with Gasteiger partial charge in [-0.3, -0.25) is 4.79 Å². The third kappa shape index (κ3) is 4.73. The number of halogens is 3. The van der Waals surface area contributed by atoms with Crippen LogP contribution in [0, 0.1) is 0 Å². The van der Waals surface area contributed by atoms with Crippen molar-refractivity contribution in [3.05, 3.63) is 54.2 Å². The van der Waals surface area contributed by atoms with Crippen LogP contribution in [0.15, 0.2) is 43.0 Å².